The molecule has 6 nitrogen and oxygen atoms in total. The standard InChI is InChI=1S/C11H11BrN4O2/c1-6-10(12)7(2)16(15-6)4-9-8(11(17)18)3-13-5-14-9/h3,5H,4H2,1-2H3,(H,17,18). The van der Waals surface area contributed by atoms with E-state index in [0.29, 0.717) is 12.2 Å². The van der Waals surface area contributed by atoms with Crippen molar-refractivity contribution in [3.05, 3.63) is 39.6 Å². The van der Waals surface area contributed by atoms with E-state index in [4.69, 9.17) is 5.11 Å². The number of hydrogen-bond donors (Lipinski definition) is 1. The van der Waals surface area contributed by atoms with Gasteiger partial charge >= 0.3 is 5.97 Å². The van der Waals surface area contributed by atoms with Gasteiger partial charge in [-0.05, 0) is 29.8 Å². The summed E-state index contributed by atoms with van der Waals surface area (Å²) in [7, 11) is 0. The van der Waals surface area contributed by atoms with Crippen LogP contribution in [0.25, 0.3) is 0 Å². The van der Waals surface area contributed by atoms with E-state index in [1.165, 1.54) is 12.5 Å². The second-order valence-electron chi connectivity index (χ2n) is 3.83. The summed E-state index contributed by atoms with van der Waals surface area (Å²) in [6, 6.07) is 0. The van der Waals surface area contributed by atoms with Crippen LogP contribution >= 0.6 is 15.9 Å². The molecule has 2 heterocycles. The van der Waals surface area contributed by atoms with Crippen molar-refractivity contribution in [2.45, 2.75) is 20.4 Å². The first-order chi connectivity index (χ1) is 8.50. The third-order valence-corrected chi connectivity index (χ3v) is 3.77. The second kappa shape index (κ2) is 4.85. The van der Waals surface area contributed by atoms with Gasteiger partial charge in [-0.25, -0.2) is 14.8 Å². The summed E-state index contributed by atoms with van der Waals surface area (Å²) in [5.74, 6) is -1.04. The zero-order valence-corrected chi connectivity index (χ0v) is 11.5. The van der Waals surface area contributed by atoms with Gasteiger partial charge in [0.15, 0.2) is 0 Å². The Morgan fingerprint density at radius 1 is 1.50 bits per heavy atom. The Morgan fingerprint density at radius 2 is 2.22 bits per heavy atom. The van der Waals surface area contributed by atoms with E-state index in [9.17, 15) is 4.79 Å². The molecular weight excluding hydrogens is 300 g/mol. The molecule has 0 bridgehead atoms. The van der Waals surface area contributed by atoms with Gasteiger partial charge in [-0.3, -0.25) is 4.68 Å². The lowest BCUT2D eigenvalue weighted by Crippen LogP contribution is -2.12. The zero-order chi connectivity index (χ0) is 13.3. The molecule has 0 radical (unpaired) electrons. The van der Waals surface area contributed by atoms with Crippen LogP contribution < -0.4 is 0 Å². The van der Waals surface area contributed by atoms with Crippen molar-refractivity contribution in [1.82, 2.24) is 19.7 Å². The van der Waals surface area contributed by atoms with E-state index in [0.717, 1.165) is 15.9 Å². The predicted molar refractivity (Wildman–Crippen MR) is 67.5 cm³/mol. The summed E-state index contributed by atoms with van der Waals surface area (Å²) in [5, 5.41) is 13.4. The van der Waals surface area contributed by atoms with Crippen molar-refractivity contribution in [2.24, 2.45) is 0 Å². The molecular formula is C11H11BrN4O2. The Balaban J connectivity index is 2.40. The number of rotatable bonds is 3. The van der Waals surface area contributed by atoms with Crippen LogP contribution in [0.1, 0.15) is 27.4 Å². The average Bonchev–Trinajstić information content (AvgIpc) is 2.57. The lowest BCUT2D eigenvalue weighted by molar-refractivity contribution is 0.0694. The van der Waals surface area contributed by atoms with Crippen LogP contribution in [0.2, 0.25) is 0 Å². The maximum Gasteiger partial charge on any atom is 0.339 e. The summed E-state index contributed by atoms with van der Waals surface area (Å²) in [6.45, 7) is 4.10. The fourth-order valence-electron chi connectivity index (χ4n) is 1.63. The minimum Gasteiger partial charge on any atom is -0.478 e. The molecule has 0 aliphatic rings. The molecule has 0 fully saturated rings. The van der Waals surface area contributed by atoms with E-state index >= 15 is 0 Å². The number of carboxylic acids is 1. The molecule has 0 spiro atoms. The van der Waals surface area contributed by atoms with Gasteiger partial charge in [0.1, 0.15) is 11.9 Å². The van der Waals surface area contributed by atoms with Crippen molar-refractivity contribution >= 4 is 21.9 Å². The number of aromatic carboxylic acids is 1. The average molecular weight is 311 g/mol. The lowest BCUT2D eigenvalue weighted by atomic mass is 10.2. The van der Waals surface area contributed by atoms with Crippen LogP contribution in [0.4, 0.5) is 0 Å². The highest BCUT2D eigenvalue weighted by Crippen LogP contribution is 2.20. The van der Waals surface area contributed by atoms with E-state index < -0.39 is 5.97 Å². The SMILES string of the molecule is Cc1nn(Cc2ncncc2C(=O)O)c(C)c1Br. The minimum atomic E-state index is -1.04. The first-order valence-electron chi connectivity index (χ1n) is 5.22. The highest BCUT2D eigenvalue weighted by atomic mass is 79.9. The fraction of sp³-hybridized carbons (Fsp3) is 0.273. The molecule has 0 aliphatic heterocycles. The van der Waals surface area contributed by atoms with Crippen molar-refractivity contribution in [1.29, 1.82) is 0 Å². The fourth-order valence-corrected chi connectivity index (χ4v) is 1.91. The van der Waals surface area contributed by atoms with Crippen molar-refractivity contribution in [3.8, 4) is 0 Å². The predicted octanol–water partition coefficient (Wildman–Crippen LogP) is 1.80. The van der Waals surface area contributed by atoms with Gasteiger partial charge in [-0.2, -0.15) is 5.10 Å². The number of carboxylic acid groups (broad SMARTS) is 1. The summed E-state index contributed by atoms with van der Waals surface area (Å²) < 4.78 is 2.64. The molecule has 7 heteroatoms. The third kappa shape index (κ3) is 2.26. The van der Waals surface area contributed by atoms with E-state index in [2.05, 4.69) is 31.0 Å². The maximum atomic E-state index is 11.1. The largest absolute Gasteiger partial charge is 0.478 e. The molecule has 94 valence electrons. The first-order valence-corrected chi connectivity index (χ1v) is 6.01. The van der Waals surface area contributed by atoms with E-state index in [1.54, 1.807) is 4.68 Å². The number of carbonyl (C=O) groups is 1. The Bertz CT molecular complexity index is 609. The molecule has 0 saturated heterocycles. The molecule has 0 aliphatic carbocycles. The minimum absolute atomic E-state index is 0.0983. The molecule has 0 atom stereocenters. The Hall–Kier alpha value is -1.76. The van der Waals surface area contributed by atoms with Crippen LogP contribution in [0.5, 0.6) is 0 Å². The Kier molecular flexibility index (Phi) is 3.42. The van der Waals surface area contributed by atoms with Gasteiger partial charge in [0.05, 0.1) is 28.1 Å². The van der Waals surface area contributed by atoms with Crippen LogP contribution in [-0.2, 0) is 6.54 Å². The first kappa shape index (κ1) is 12.7. The zero-order valence-electron chi connectivity index (χ0n) is 9.88. The van der Waals surface area contributed by atoms with Gasteiger partial charge in [0, 0.05) is 6.20 Å². The topological polar surface area (TPSA) is 80.9 Å². The highest BCUT2D eigenvalue weighted by Gasteiger charge is 2.15. The van der Waals surface area contributed by atoms with Gasteiger partial charge in [0.2, 0.25) is 0 Å². The van der Waals surface area contributed by atoms with Crippen LogP contribution in [-0.4, -0.2) is 30.8 Å². The van der Waals surface area contributed by atoms with Crippen LogP contribution in [0.3, 0.4) is 0 Å². The van der Waals surface area contributed by atoms with Gasteiger partial charge in [-0.15, -0.1) is 0 Å². The lowest BCUT2D eigenvalue weighted by Gasteiger charge is -2.06. The molecule has 2 aromatic rings. The Morgan fingerprint density at radius 3 is 2.78 bits per heavy atom. The van der Waals surface area contributed by atoms with E-state index in [-0.39, 0.29) is 5.56 Å². The third-order valence-electron chi connectivity index (χ3n) is 2.62. The molecule has 2 aromatic heterocycles. The van der Waals surface area contributed by atoms with Crippen molar-refractivity contribution in [2.75, 3.05) is 0 Å². The summed E-state index contributed by atoms with van der Waals surface area (Å²) in [5.41, 5.74) is 2.33. The van der Waals surface area contributed by atoms with Gasteiger partial charge in [-0.1, -0.05) is 0 Å². The quantitative estimate of drug-likeness (QED) is 0.935. The van der Waals surface area contributed by atoms with Crippen LogP contribution in [0.15, 0.2) is 17.0 Å². The summed E-state index contributed by atoms with van der Waals surface area (Å²) in [4.78, 5) is 18.8. The highest BCUT2D eigenvalue weighted by molar-refractivity contribution is 9.10. The second-order valence-corrected chi connectivity index (χ2v) is 4.62. The van der Waals surface area contributed by atoms with Crippen LogP contribution in [0, 0.1) is 13.8 Å². The molecule has 0 amide bonds. The van der Waals surface area contributed by atoms with Crippen molar-refractivity contribution in [3.63, 3.8) is 0 Å². The monoisotopic (exact) mass is 310 g/mol. The Labute approximate surface area is 112 Å². The molecule has 1 N–H and O–H groups in total. The normalized spacial score (nSPS) is 10.6. The van der Waals surface area contributed by atoms with Crippen molar-refractivity contribution < 1.29 is 9.90 Å². The molecule has 0 saturated carbocycles. The number of hydrogen-bond acceptors (Lipinski definition) is 4. The molecule has 0 aromatic carbocycles. The summed E-state index contributed by atoms with van der Waals surface area (Å²) >= 11 is 3.43. The number of aryl methyl sites for hydroxylation is 1. The van der Waals surface area contributed by atoms with E-state index in [1.807, 2.05) is 13.8 Å². The number of aromatic nitrogens is 4. The molecule has 2 rings (SSSR count). The van der Waals surface area contributed by atoms with Gasteiger partial charge in [0.25, 0.3) is 0 Å². The number of nitrogens with zero attached hydrogens (tertiary/aromatic N) is 4. The molecule has 0 unspecified atom stereocenters. The smallest absolute Gasteiger partial charge is 0.339 e. The number of halogens is 1. The molecule has 18 heavy (non-hydrogen) atoms. The maximum absolute atomic E-state index is 11.1. The van der Waals surface area contributed by atoms with Gasteiger partial charge < -0.3 is 5.11 Å². The summed E-state index contributed by atoms with van der Waals surface area (Å²) in [6.07, 6.45) is 2.63.